The molecule has 1 aliphatic rings. The van der Waals surface area contributed by atoms with Gasteiger partial charge in [-0.2, -0.15) is 11.3 Å². The summed E-state index contributed by atoms with van der Waals surface area (Å²) in [7, 11) is 0. The van der Waals surface area contributed by atoms with E-state index in [-0.39, 0.29) is 11.9 Å². The second kappa shape index (κ2) is 5.38. The lowest BCUT2D eigenvalue weighted by molar-refractivity contribution is -0.116. The van der Waals surface area contributed by atoms with Crippen molar-refractivity contribution in [3.63, 3.8) is 0 Å². The topological polar surface area (TPSA) is 55.1 Å². The predicted octanol–water partition coefficient (Wildman–Crippen LogP) is 3.38. The van der Waals surface area contributed by atoms with E-state index in [4.69, 9.17) is 5.73 Å². The zero-order valence-corrected chi connectivity index (χ0v) is 12.3. The van der Waals surface area contributed by atoms with Gasteiger partial charge in [-0.25, -0.2) is 0 Å². The summed E-state index contributed by atoms with van der Waals surface area (Å²) >= 11 is 1.68. The number of aryl methyl sites for hydroxylation is 2. The lowest BCUT2D eigenvalue weighted by Crippen LogP contribution is -2.13. The summed E-state index contributed by atoms with van der Waals surface area (Å²) in [6.45, 7) is 2.09. The maximum Gasteiger partial charge on any atom is 0.224 e. The molecule has 0 bridgehead atoms. The van der Waals surface area contributed by atoms with Crippen LogP contribution in [0.4, 0.5) is 5.69 Å². The van der Waals surface area contributed by atoms with Gasteiger partial charge in [0, 0.05) is 12.1 Å². The second-order valence-corrected chi connectivity index (χ2v) is 6.05. The molecule has 0 aliphatic carbocycles. The van der Waals surface area contributed by atoms with Crippen molar-refractivity contribution in [1.29, 1.82) is 0 Å². The van der Waals surface area contributed by atoms with Crippen molar-refractivity contribution in [1.82, 2.24) is 0 Å². The molecule has 3 nitrogen and oxygen atoms in total. The molecule has 1 atom stereocenters. The Bertz CT molecular complexity index is 648. The van der Waals surface area contributed by atoms with Crippen LogP contribution >= 0.6 is 11.3 Å². The zero-order valence-electron chi connectivity index (χ0n) is 11.5. The van der Waals surface area contributed by atoms with Crippen LogP contribution in [0.15, 0.2) is 29.0 Å². The monoisotopic (exact) mass is 286 g/mol. The van der Waals surface area contributed by atoms with Gasteiger partial charge in [0.15, 0.2) is 0 Å². The minimum absolute atomic E-state index is 0.0921. The van der Waals surface area contributed by atoms with Crippen LogP contribution in [0.25, 0.3) is 0 Å². The fraction of sp³-hybridized carbons (Fsp3) is 0.312. The normalized spacial score (nSPS) is 16.2. The molecular formula is C16H18N2OS. The lowest BCUT2D eigenvalue weighted by Gasteiger charge is -2.15. The average Bonchev–Trinajstić information content (AvgIpc) is 2.76. The SMILES string of the molecule is Cc1cscc1C(N)c1ccc2c(c1)CCCC(=O)N2. The highest BCUT2D eigenvalue weighted by atomic mass is 32.1. The maximum absolute atomic E-state index is 11.6. The van der Waals surface area contributed by atoms with Crippen LogP contribution in [-0.2, 0) is 11.2 Å². The van der Waals surface area contributed by atoms with Crippen molar-refractivity contribution in [2.24, 2.45) is 5.73 Å². The molecule has 20 heavy (non-hydrogen) atoms. The summed E-state index contributed by atoms with van der Waals surface area (Å²) in [5, 5.41) is 7.20. The third kappa shape index (κ3) is 2.49. The van der Waals surface area contributed by atoms with E-state index < -0.39 is 0 Å². The Morgan fingerprint density at radius 2 is 2.15 bits per heavy atom. The molecule has 0 saturated heterocycles. The minimum atomic E-state index is -0.0921. The molecule has 1 aromatic carbocycles. The molecule has 0 spiro atoms. The Hall–Kier alpha value is -1.65. The number of carbonyl (C=O) groups is 1. The standard InChI is InChI=1S/C16H18N2OS/c1-10-8-20-9-13(10)16(17)12-5-6-14-11(7-12)3-2-4-15(19)18-14/h5-9,16H,2-4,17H2,1H3,(H,18,19). The third-order valence-corrected chi connectivity index (χ3v) is 4.72. The number of carbonyl (C=O) groups excluding carboxylic acids is 1. The summed E-state index contributed by atoms with van der Waals surface area (Å²) in [5.74, 6) is 0.106. The number of anilines is 1. The summed E-state index contributed by atoms with van der Waals surface area (Å²) in [6.07, 6.45) is 2.42. The van der Waals surface area contributed by atoms with Crippen molar-refractivity contribution in [2.45, 2.75) is 32.2 Å². The van der Waals surface area contributed by atoms with Gasteiger partial charge in [0.05, 0.1) is 6.04 Å². The molecule has 2 aromatic rings. The third-order valence-electron chi connectivity index (χ3n) is 3.84. The smallest absolute Gasteiger partial charge is 0.224 e. The van der Waals surface area contributed by atoms with Gasteiger partial charge in [0.1, 0.15) is 0 Å². The molecule has 1 aliphatic heterocycles. The number of benzene rings is 1. The molecule has 1 amide bonds. The maximum atomic E-state index is 11.6. The molecule has 3 rings (SSSR count). The van der Waals surface area contributed by atoms with Gasteiger partial charge in [-0.3, -0.25) is 4.79 Å². The molecule has 1 aromatic heterocycles. The number of fused-ring (bicyclic) bond motifs is 1. The summed E-state index contributed by atoms with van der Waals surface area (Å²) in [6, 6.07) is 6.05. The Morgan fingerprint density at radius 3 is 2.90 bits per heavy atom. The largest absolute Gasteiger partial charge is 0.326 e. The number of rotatable bonds is 2. The van der Waals surface area contributed by atoms with Crippen molar-refractivity contribution in [3.8, 4) is 0 Å². The first kappa shape index (κ1) is 13.3. The van der Waals surface area contributed by atoms with Gasteiger partial charge in [0.2, 0.25) is 5.91 Å². The highest BCUT2D eigenvalue weighted by Crippen LogP contribution is 2.30. The van der Waals surface area contributed by atoms with Gasteiger partial charge >= 0.3 is 0 Å². The van der Waals surface area contributed by atoms with Crippen LogP contribution in [0.3, 0.4) is 0 Å². The molecule has 104 valence electrons. The Kier molecular flexibility index (Phi) is 3.59. The fourth-order valence-electron chi connectivity index (χ4n) is 2.66. The van der Waals surface area contributed by atoms with Gasteiger partial charge in [-0.1, -0.05) is 12.1 Å². The van der Waals surface area contributed by atoms with Crippen LogP contribution in [-0.4, -0.2) is 5.91 Å². The van der Waals surface area contributed by atoms with Gasteiger partial charge in [-0.05, 0) is 58.8 Å². The summed E-state index contributed by atoms with van der Waals surface area (Å²) in [4.78, 5) is 11.6. The van der Waals surface area contributed by atoms with E-state index >= 15 is 0 Å². The van der Waals surface area contributed by atoms with Crippen molar-refractivity contribution in [3.05, 3.63) is 51.2 Å². The van der Waals surface area contributed by atoms with Crippen LogP contribution in [0.2, 0.25) is 0 Å². The van der Waals surface area contributed by atoms with Gasteiger partial charge in [0.25, 0.3) is 0 Å². The van der Waals surface area contributed by atoms with E-state index in [2.05, 4.69) is 29.1 Å². The van der Waals surface area contributed by atoms with E-state index in [1.807, 2.05) is 12.1 Å². The van der Waals surface area contributed by atoms with Crippen molar-refractivity contribution < 1.29 is 4.79 Å². The van der Waals surface area contributed by atoms with E-state index in [0.717, 1.165) is 24.1 Å². The first-order valence-electron chi connectivity index (χ1n) is 6.86. The van der Waals surface area contributed by atoms with Crippen LogP contribution < -0.4 is 11.1 Å². The number of thiophene rings is 1. The second-order valence-electron chi connectivity index (χ2n) is 5.31. The summed E-state index contributed by atoms with van der Waals surface area (Å²) < 4.78 is 0. The zero-order chi connectivity index (χ0) is 14.1. The molecular weight excluding hydrogens is 268 g/mol. The first-order valence-corrected chi connectivity index (χ1v) is 7.80. The Labute approximate surface area is 122 Å². The molecule has 0 fully saturated rings. The molecule has 4 heteroatoms. The summed E-state index contributed by atoms with van der Waals surface area (Å²) in [5.41, 5.74) is 12.0. The number of nitrogens with one attached hydrogen (secondary N) is 1. The minimum Gasteiger partial charge on any atom is -0.326 e. The molecule has 0 radical (unpaired) electrons. The van der Waals surface area contributed by atoms with Crippen molar-refractivity contribution >= 4 is 22.9 Å². The number of amides is 1. The van der Waals surface area contributed by atoms with Crippen molar-refractivity contribution in [2.75, 3.05) is 5.32 Å². The highest BCUT2D eigenvalue weighted by molar-refractivity contribution is 7.08. The molecule has 1 unspecified atom stereocenters. The predicted molar refractivity (Wildman–Crippen MR) is 83.1 cm³/mol. The van der Waals surface area contributed by atoms with Crippen LogP contribution in [0.1, 0.15) is 41.1 Å². The number of hydrogen-bond donors (Lipinski definition) is 2. The molecule has 2 heterocycles. The highest BCUT2D eigenvalue weighted by Gasteiger charge is 2.17. The lowest BCUT2D eigenvalue weighted by atomic mass is 9.96. The van der Waals surface area contributed by atoms with Gasteiger partial charge in [-0.15, -0.1) is 0 Å². The number of nitrogens with two attached hydrogens (primary N) is 1. The van der Waals surface area contributed by atoms with E-state index in [1.165, 1.54) is 16.7 Å². The Balaban J connectivity index is 1.94. The fourth-order valence-corrected chi connectivity index (χ4v) is 3.54. The number of hydrogen-bond acceptors (Lipinski definition) is 3. The first-order chi connectivity index (χ1) is 9.65. The van der Waals surface area contributed by atoms with E-state index in [9.17, 15) is 4.79 Å². The molecule has 3 N–H and O–H groups in total. The quantitative estimate of drug-likeness (QED) is 0.889. The van der Waals surface area contributed by atoms with Crippen LogP contribution in [0.5, 0.6) is 0 Å². The Morgan fingerprint density at radius 1 is 1.30 bits per heavy atom. The molecule has 0 saturated carbocycles. The van der Waals surface area contributed by atoms with E-state index in [1.54, 1.807) is 11.3 Å². The van der Waals surface area contributed by atoms with E-state index in [0.29, 0.717) is 6.42 Å². The van der Waals surface area contributed by atoms with Crippen LogP contribution in [0, 0.1) is 6.92 Å². The van der Waals surface area contributed by atoms with Gasteiger partial charge < -0.3 is 11.1 Å². The average molecular weight is 286 g/mol.